The van der Waals surface area contributed by atoms with Crippen molar-refractivity contribution in [3.63, 3.8) is 0 Å². The zero-order valence-electron chi connectivity index (χ0n) is 9.45. The average molecular weight is 233 g/mol. The number of hydrogen-bond acceptors (Lipinski definition) is 5. The van der Waals surface area contributed by atoms with Crippen LogP contribution in [0.2, 0.25) is 0 Å². The van der Waals surface area contributed by atoms with Gasteiger partial charge in [0, 0.05) is 18.6 Å². The van der Waals surface area contributed by atoms with Crippen molar-refractivity contribution in [2.24, 2.45) is 5.92 Å². The lowest BCUT2D eigenvalue weighted by molar-refractivity contribution is 0.197. The van der Waals surface area contributed by atoms with Gasteiger partial charge in [-0.05, 0) is 12.8 Å². The number of aromatic nitrogens is 4. The molecule has 17 heavy (non-hydrogen) atoms. The lowest BCUT2D eigenvalue weighted by Crippen LogP contribution is -2.16. The Hall–Kier alpha value is -1.69. The van der Waals surface area contributed by atoms with Gasteiger partial charge in [-0.25, -0.2) is 15.0 Å². The van der Waals surface area contributed by atoms with E-state index in [1.165, 1.54) is 6.33 Å². The summed E-state index contributed by atoms with van der Waals surface area (Å²) >= 11 is 0. The summed E-state index contributed by atoms with van der Waals surface area (Å²) in [6.07, 6.45) is 6.46. The van der Waals surface area contributed by atoms with E-state index >= 15 is 0 Å². The number of nitrogens with zero attached hydrogens (tertiary/aromatic N) is 4. The second-order valence-electron chi connectivity index (χ2n) is 4.52. The zero-order valence-corrected chi connectivity index (χ0v) is 9.45. The molecule has 0 aliphatic heterocycles. The molecule has 0 spiro atoms. The number of aliphatic hydroxyl groups is 1. The van der Waals surface area contributed by atoms with Gasteiger partial charge in [0.05, 0.1) is 6.33 Å². The number of nitrogens with two attached hydrogens (primary N) is 1. The van der Waals surface area contributed by atoms with Crippen LogP contribution in [-0.2, 0) is 0 Å². The molecule has 0 amide bonds. The normalized spacial score (nSPS) is 24.5. The Balaban J connectivity index is 2.09. The first-order valence-corrected chi connectivity index (χ1v) is 5.85. The van der Waals surface area contributed by atoms with Crippen LogP contribution in [0.3, 0.4) is 0 Å². The molecule has 2 atom stereocenters. The fraction of sp³-hybridized carbons (Fsp3) is 0.545. The molecule has 6 heteroatoms. The Morgan fingerprint density at radius 2 is 2.24 bits per heavy atom. The van der Waals surface area contributed by atoms with E-state index in [1.807, 2.05) is 4.57 Å². The summed E-state index contributed by atoms with van der Waals surface area (Å²) in [5.41, 5.74) is 7.17. The molecule has 2 heterocycles. The molecule has 1 saturated carbocycles. The first kappa shape index (κ1) is 10.5. The van der Waals surface area contributed by atoms with Gasteiger partial charge in [-0.1, -0.05) is 6.42 Å². The molecule has 90 valence electrons. The molecule has 0 radical (unpaired) electrons. The van der Waals surface area contributed by atoms with Crippen molar-refractivity contribution in [3.05, 3.63) is 12.7 Å². The molecule has 2 aromatic heterocycles. The Kier molecular flexibility index (Phi) is 2.44. The second-order valence-corrected chi connectivity index (χ2v) is 4.52. The predicted octanol–water partition coefficient (Wildman–Crippen LogP) is 0.742. The third-order valence-corrected chi connectivity index (χ3v) is 3.60. The van der Waals surface area contributed by atoms with Crippen LogP contribution in [0, 0.1) is 5.92 Å². The van der Waals surface area contributed by atoms with E-state index in [0.717, 1.165) is 24.9 Å². The van der Waals surface area contributed by atoms with Crippen LogP contribution in [0.15, 0.2) is 12.7 Å². The number of fused-ring (bicyclic) bond motifs is 1. The van der Waals surface area contributed by atoms with E-state index in [1.54, 1.807) is 6.33 Å². The van der Waals surface area contributed by atoms with Crippen molar-refractivity contribution in [1.29, 1.82) is 0 Å². The van der Waals surface area contributed by atoms with Crippen molar-refractivity contribution in [2.45, 2.75) is 25.3 Å². The minimum atomic E-state index is 0.213. The molecule has 0 saturated heterocycles. The maximum Gasteiger partial charge on any atom is 0.165 e. The molecule has 0 unspecified atom stereocenters. The van der Waals surface area contributed by atoms with Gasteiger partial charge < -0.3 is 15.4 Å². The highest BCUT2D eigenvalue weighted by atomic mass is 16.3. The van der Waals surface area contributed by atoms with Crippen LogP contribution in [-0.4, -0.2) is 31.2 Å². The topological polar surface area (TPSA) is 89.9 Å². The van der Waals surface area contributed by atoms with Crippen LogP contribution in [0.4, 0.5) is 5.82 Å². The molecule has 6 nitrogen and oxygen atoms in total. The van der Waals surface area contributed by atoms with Gasteiger partial charge in [-0.2, -0.15) is 0 Å². The van der Waals surface area contributed by atoms with Crippen LogP contribution >= 0.6 is 0 Å². The Labute approximate surface area is 98.5 Å². The van der Waals surface area contributed by atoms with E-state index in [9.17, 15) is 5.11 Å². The first-order valence-electron chi connectivity index (χ1n) is 5.85. The largest absolute Gasteiger partial charge is 0.396 e. The van der Waals surface area contributed by atoms with Crippen LogP contribution in [0.5, 0.6) is 0 Å². The van der Waals surface area contributed by atoms with Crippen LogP contribution < -0.4 is 5.73 Å². The molecule has 1 aliphatic rings. The highest BCUT2D eigenvalue weighted by Crippen LogP contribution is 2.36. The fourth-order valence-electron chi connectivity index (χ4n) is 2.71. The molecule has 1 aliphatic carbocycles. The monoisotopic (exact) mass is 233 g/mol. The highest BCUT2D eigenvalue weighted by Gasteiger charge is 2.29. The fourth-order valence-corrected chi connectivity index (χ4v) is 2.71. The van der Waals surface area contributed by atoms with Crippen molar-refractivity contribution in [3.8, 4) is 0 Å². The van der Waals surface area contributed by atoms with Gasteiger partial charge >= 0.3 is 0 Å². The van der Waals surface area contributed by atoms with Crippen molar-refractivity contribution < 1.29 is 5.11 Å². The van der Waals surface area contributed by atoms with Gasteiger partial charge in [-0.3, -0.25) is 0 Å². The zero-order chi connectivity index (χ0) is 11.8. The van der Waals surface area contributed by atoms with Crippen molar-refractivity contribution in [2.75, 3.05) is 12.3 Å². The summed E-state index contributed by atoms with van der Waals surface area (Å²) in [5, 5.41) is 9.37. The molecular formula is C11H15N5O. The highest BCUT2D eigenvalue weighted by molar-refractivity contribution is 5.81. The van der Waals surface area contributed by atoms with Crippen LogP contribution in [0.25, 0.3) is 11.2 Å². The maximum absolute atomic E-state index is 9.37. The lowest BCUT2D eigenvalue weighted by Gasteiger charge is -2.19. The smallest absolute Gasteiger partial charge is 0.165 e. The van der Waals surface area contributed by atoms with Crippen molar-refractivity contribution in [1.82, 2.24) is 19.5 Å². The van der Waals surface area contributed by atoms with E-state index < -0.39 is 0 Å². The SMILES string of the molecule is Nc1ncnc2c1ncn2[C@@H]1CCC[C@H]1CO. The first-order chi connectivity index (χ1) is 8.31. The molecular weight excluding hydrogens is 218 g/mol. The number of hydrogen-bond donors (Lipinski definition) is 2. The summed E-state index contributed by atoms with van der Waals surface area (Å²) in [5.74, 6) is 0.705. The molecule has 2 aromatic rings. The summed E-state index contributed by atoms with van der Waals surface area (Å²) in [6, 6.07) is 0.277. The molecule has 3 N–H and O–H groups in total. The van der Waals surface area contributed by atoms with Gasteiger partial charge in [0.25, 0.3) is 0 Å². The predicted molar refractivity (Wildman–Crippen MR) is 63.2 cm³/mol. The number of imidazole rings is 1. The Morgan fingerprint density at radius 1 is 1.35 bits per heavy atom. The number of nitrogen functional groups attached to an aromatic ring is 1. The van der Waals surface area contributed by atoms with E-state index in [4.69, 9.17) is 5.73 Å². The second kappa shape index (κ2) is 3.96. The van der Waals surface area contributed by atoms with Crippen LogP contribution in [0.1, 0.15) is 25.3 Å². The quantitative estimate of drug-likeness (QED) is 0.798. The Morgan fingerprint density at radius 3 is 3.06 bits per heavy atom. The lowest BCUT2D eigenvalue weighted by atomic mass is 10.1. The number of rotatable bonds is 2. The van der Waals surface area contributed by atoms with Crippen molar-refractivity contribution >= 4 is 17.0 Å². The number of aliphatic hydroxyl groups excluding tert-OH is 1. The van der Waals surface area contributed by atoms with Gasteiger partial charge in [0.1, 0.15) is 11.8 Å². The van der Waals surface area contributed by atoms with Gasteiger partial charge in [0.2, 0.25) is 0 Å². The standard InChI is InChI=1S/C11H15N5O/c12-10-9-11(14-5-13-10)16(6-15-9)8-3-1-2-7(8)4-17/h5-8,17H,1-4H2,(H2,12,13,14)/t7-,8+/m0/s1. The molecule has 0 bridgehead atoms. The van der Waals surface area contributed by atoms with E-state index in [-0.39, 0.29) is 12.6 Å². The number of anilines is 1. The third-order valence-electron chi connectivity index (χ3n) is 3.60. The molecule has 3 rings (SSSR count). The molecule has 0 aromatic carbocycles. The third kappa shape index (κ3) is 1.56. The van der Waals surface area contributed by atoms with E-state index in [0.29, 0.717) is 17.3 Å². The molecule has 1 fully saturated rings. The summed E-state index contributed by atoms with van der Waals surface area (Å²) < 4.78 is 2.03. The maximum atomic E-state index is 9.37. The summed E-state index contributed by atoms with van der Waals surface area (Å²) in [7, 11) is 0. The average Bonchev–Trinajstić information content (AvgIpc) is 2.94. The van der Waals surface area contributed by atoms with Gasteiger partial charge in [0.15, 0.2) is 11.5 Å². The minimum Gasteiger partial charge on any atom is -0.396 e. The van der Waals surface area contributed by atoms with E-state index in [2.05, 4.69) is 15.0 Å². The summed E-state index contributed by atoms with van der Waals surface area (Å²) in [6.45, 7) is 0.213. The summed E-state index contributed by atoms with van der Waals surface area (Å²) in [4.78, 5) is 12.4. The minimum absolute atomic E-state index is 0.213. The Bertz CT molecular complexity index is 538. The van der Waals surface area contributed by atoms with Gasteiger partial charge in [-0.15, -0.1) is 0 Å².